The van der Waals surface area contributed by atoms with Crippen molar-refractivity contribution in [2.24, 2.45) is 0 Å². The quantitative estimate of drug-likeness (QED) is 0.281. The average molecular weight is 254 g/mol. The lowest BCUT2D eigenvalue weighted by atomic mass is 10.3. The van der Waals surface area contributed by atoms with E-state index in [2.05, 4.69) is 45.1 Å². The van der Waals surface area contributed by atoms with E-state index < -0.39 is 0 Å². The van der Waals surface area contributed by atoms with Crippen LogP contribution in [0.1, 0.15) is 59.3 Å². The maximum Gasteiger partial charge on any atom is 0.157 e. The molecule has 106 valence electrons. The first-order chi connectivity index (χ1) is 8.85. The topological polar surface area (TPSA) is 18.5 Å². The second kappa shape index (κ2) is 14.5. The molecule has 2 heteroatoms. The van der Waals surface area contributed by atoms with Gasteiger partial charge in [0, 0.05) is 0 Å². The van der Waals surface area contributed by atoms with E-state index in [1.54, 1.807) is 0 Å². The van der Waals surface area contributed by atoms with Gasteiger partial charge >= 0.3 is 0 Å². The highest BCUT2D eigenvalue weighted by Gasteiger charge is 2.06. The Morgan fingerprint density at radius 2 is 1.28 bits per heavy atom. The Balaban J connectivity index is 3.64. The summed E-state index contributed by atoms with van der Waals surface area (Å²) in [5.41, 5.74) is 0. The molecule has 0 rings (SSSR count). The third kappa shape index (κ3) is 11.9. The zero-order chi connectivity index (χ0) is 13.5. The van der Waals surface area contributed by atoms with Gasteiger partial charge in [-0.1, -0.05) is 51.5 Å². The van der Waals surface area contributed by atoms with Gasteiger partial charge in [0.05, 0.1) is 13.2 Å². The van der Waals surface area contributed by atoms with Gasteiger partial charge in [-0.25, -0.2) is 0 Å². The van der Waals surface area contributed by atoms with Gasteiger partial charge in [0.15, 0.2) is 6.29 Å². The van der Waals surface area contributed by atoms with Crippen LogP contribution in [-0.2, 0) is 9.47 Å². The smallest absolute Gasteiger partial charge is 0.157 e. The Kier molecular flexibility index (Phi) is 14.0. The maximum atomic E-state index is 5.74. The first-order valence-electron chi connectivity index (χ1n) is 7.38. The van der Waals surface area contributed by atoms with Crippen LogP contribution in [0, 0.1) is 0 Å². The van der Waals surface area contributed by atoms with Crippen LogP contribution in [0.25, 0.3) is 0 Å². The minimum atomic E-state index is -0.0277. The first kappa shape index (κ1) is 17.4. The van der Waals surface area contributed by atoms with E-state index in [4.69, 9.17) is 9.47 Å². The summed E-state index contributed by atoms with van der Waals surface area (Å²) >= 11 is 0. The molecule has 0 saturated carbocycles. The monoisotopic (exact) mass is 254 g/mol. The van der Waals surface area contributed by atoms with Crippen LogP contribution in [-0.4, -0.2) is 19.5 Å². The highest BCUT2D eigenvalue weighted by molar-refractivity contribution is 4.80. The van der Waals surface area contributed by atoms with Gasteiger partial charge in [0.25, 0.3) is 0 Å². The molecule has 0 radical (unpaired) electrons. The van der Waals surface area contributed by atoms with Crippen molar-refractivity contribution >= 4 is 0 Å². The molecule has 0 heterocycles. The van der Waals surface area contributed by atoms with Gasteiger partial charge < -0.3 is 9.47 Å². The van der Waals surface area contributed by atoms with Gasteiger partial charge in [-0.2, -0.15) is 0 Å². The molecule has 0 aliphatic rings. The second-order valence-corrected chi connectivity index (χ2v) is 4.30. The maximum absolute atomic E-state index is 5.74. The van der Waals surface area contributed by atoms with Gasteiger partial charge in [0.2, 0.25) is 0 Å². The van der Waals surface area contributed by atoms with Crippen molar-refractivity contribution in [1.82, 2.24) is 0 Å². The Hall–Kier alpha value is -0.600. The largest absolute Gasteiger partial charge is 0.352 e. The predicted molar refractivity (Wildman–Crippen MR) is 78.7 cm³/mol. The van der Waals surface area contributed by atoms with Crippen LogP contribution < -0.4 is 0 Å². The molecule has 0 aromatic heterocycles. The van der Waals surface area contributed by atoms with Gasteiger partial charge in [0.1, 0.15) is 0 Å². The summed E-state index contributed by atoms with van der Waals surface area (Å²) < 4.78 is 11.5. The summed E-state index contributed by atoms with van der Waals surface area (Å²) in [6.45, 7) is 7.96. The highest BCUT2D eigenvalue weighted by Crippen LogP contribution is 2.06. The minimum absolute atomic E-state index is 0.0277. The van der Waals surface area contributed by atoms with Gasteiger partial charge in [-0.15, -0.1) is 0 Å². The lowest BCUT2D eigenvalue weighted by Gasteiger charge is -2.17. The van der Waals surface area contributed by atoms with Crippen molar-refractivity contribution in [3.05, 3.63) is 24.3 Å². The molecular weight excluding hydrogens is 224 g/mol. The predicted octanol–water partition coefficient (Wildman–Crippen LogP) is 4.86. The van der Waals surface area contributed by atoms with Crippen molar-refractivity contribution < 1.29 is 9.47 Å². The summed E-state index contributed by atoms with van der Waals surface area (Å²) in [6, 6.07) is 0. The second-order valence-electron chi connectivity index (χ2n) is 4.30. The molecule has 0 unspecified atom stereocenters. The van der Waals surface area contributed by atoms with Crippen LogP contribution in [0.5, 0.6) is 0 Å². The summed E-state index contributed by atoms with van der Waals surface area (Å²) in [6.07, 6.45) is 14.9. The molecule has 0 amide bonds. The van der Waals surface area contributed by atoms with E-state index in [0.717, 1.165) is 51.7 Å². The average Bonchev–Trinajstić information content (AvgIpc) is 2.38. The van der Waals surface area contributed by atoms with Gasteiger partial charge in [-0.05, 0) is 32.1 Å². The molecule has 0 bridgehead atoms. The molecule has 0 spiro atoms. The summed E-state index contributed by atoms with van der Waals surface area (Å²) in [7, 11) is 0. The van der Waals surface area contributed by atoms with Crippen molar-refractivity contribution in [3.63, 3.8) is 0 Å². The number of allylic oxidation sites excluding steroid dienone is 2. The molecule has 0 aromatic rings. The fourth-order valence-corrected chi connectivity index (χ4v) is 1.55. The zero-order valence-corrected chi connectivity index (χ0v) is 12.4. The van der Waals surface area contributed by atoms with Gasteiger partial charge in [-0.3, -0.25) is 0 Å². The van der Waals surface area contributed by atoms with Crippen LogP contribution >= 0.6 is 0 Å². The first-order valence-corrected chi connectivity index (χ1v) is 7.38. The Morgan fingerprint density at radius 3 is 1.67 bits per heavy atom. The van der Waals surface area contributed by atoms with Crippen LogP contribution in [0.2, 0.25) is 0 Å². The Bertz CT molecular complexity index is 189. The van der Waals surface area contributed by atoms with Crippen molar-refractivity contribution in [2.75, 3.05) is 13.2 Å². The van der Waals surface area contributed by atoms with Crippen molar-refractivity contribution in [2.45, 2.75) is 65.6 Å². The summed E-state index contributed by atoms with van der Waals surface area (Å²) in [5.74, 6) is 0. The molecular formula is C16H30O2. The lowest BCUT2D eigenvalue weighted by molar-refractivity contribution is -0.144. The third-order valence-electron chi connectivity index (χ3n) is 2.51. The van der Waals surface area contributed by atoms with E-state index in [9.17, 15) is 0 Å². The fourth-order valence-electron chi connectivity index (χ4n) is 1.55. The number of ether oxygens (including phenoxy) is 2. The molecule has 0 atom stereocenters. The van der Waals surface area contributed by atoms with Crippen LogP contribution in [0.15, 0.2) is 24.3 Å². The van der Waals surface area contributed by atoms with E-state index >= 15 is 0 Å². The summed E-state index contributed by atoms with van der Waals surface area (Å²) in [5, 5.41) is 0. The normalized spacial score (nSPS) is 12.2. The molecule has 2 nitrogen and oxygen atoms in total. The lowest BCUT2D eigenvalue weighted by Crippen LogP contribution is -2.18. The Labute approximate surface area is 113 Å². The fraction of sp³-hybridized carbons (Fsp3) is 0.750. The van der Waals surface area contributed by atoms with Crippen molar-refractivity contribution in [1.29, 1.82) is 0 Å². The Morgan fingerprint density at radius 1 is 0.778 bits per heavy atom. The van der Waals surface area contributed by atoms with Crippen molar-refractivity contribution in [3.8, 4) is 0 Å². The van der Waals surface area contributed by atoms with E-state index in [0.29, 0.717) is 0 Å². The molecule has 0 aliphatic carbocycles. The number of rotatable bonds is 12. The van der Waals surface area contributed by atoms with E-state index in [-0.39, 0.29) is 6.29 Å². The van der Waals surface area contributed by atoms with Crippen LogP contribution in [0.3, 0.4) is 0 Å². The standard InChI is InChI=1S/C16H30O2/c1-4-7-9-11-14-17-16(13-6-3)18-15-12-10-8-5-2/h7-10,16H,4-6,11-15H2,1-3H3/b9-7-,10-8-. The SMILES string of the molecule is CC/C=C\CCOC(CCC)OCC/C=C\CC. The minimum Gasteiger partial charge on any atom is -0.352 e. The molecule has 0 aliphatic heterocycles. The number of hydrogen-bond donors (Lipinski definition) is 0. The van der Waals surface area contributed by atoms with Crippen LogP contribution in [0.4, 0.5) is 0 Å². The third-order valence-corrected chi connectivity index (χ3v) is 2.51. The highest BCUT2D eigenvalue weighted by atomic mass is 16.7. The molecule has 0 aromatic carbocycles. The molecule has 0 saturated heterocycles. The zero-order valence-electron chi connectivity index (χ0n) is 12.4. The molecule has 0 N–H and O–H groups in total. The van der Waals surface area contributed by atoms with E-state index in [1.165, 1.54) is 0 Å². The molecule has 0 fully saturated rings. The molecule has 18 heavy (non-hydrogen) atoms. The summed E-state index contributed by atoms with van der Waals surface area (Å²) in [4.78, 5) is 0. The van der Waals surface area contributed by atoms with E-state index in [1.807, 2.05) is 0 Å². The number of hydrogen-bond acceptors (Lipinski definition) is 2.